The molecule has 2 unspecified atom stereocenters. The van der Waals surface area contributed by atoms with Crippen molar-refractivity contribution in [2.45, 2.75) is 21.6 Å². The van der Waals surface area contributed by atoms with Crippen molar-refractivity contribution in [2.75, 3.05) is 5.75 Å². The smallest absolute Gasteiger partial charge is 0.316 e. The number of hydrogen-bond acceptors (Lipinski definition) is 6. The zero-order valence-electron chi connectivity index (χ0n) is 17.1. The Kier molecular flexibility index (Phi) is 5.97. The van der Waals surface area contributed by atoms with Gasteiger partial charge in [-0.25, -0.2) is 13.6 Å². The van der Waals surface area contributed by atoms with Crippen molar-refractivity contribution in [3.05, 3.63) is 94.4 Å². The number of rotatable bonds is 6. The molecular weight excluding hydrogens is 468 g/mol. The highest BCUT2D eigenvalue weighted by Crippen LogP contribution is 2.61. The molecule has 3 aromatic carbocycles. The SMILES string of the molecule is O=C(NCc1ccc([N+](=O)O)cc1)c1cccc2c1C(S(=O)(=O)c1ccccc1)CS2([O-])O. The molecule has 0 radical (unpaired) electrons. The summed E-state index contributed by atoms with van der Waals surface area (Å²) in [5.41, 5.74) is 0.691. The first-order valence-corrected chi connectivity index (χ1v) is 13.0. The van der Waals surface area contributed by atoms with E-state index in [1.54, 1.807) is 18.2 Å². The third-order valence-corrected chi connectivity index (χ3v) is 9.53. The van der Waals surface area contributed by atoms with Crippen molar-refractivity contribution in [3.63, 3.8) is 0 Å². The third kappa shape index (κ3) is 4.35. The van der Waals surface area contributed by atoms with Crippen molar-refractivity contribution >= 4 is 32.0 Å². The van der Waals surface area contributed by atoms with Gasteiger partial charge >= 0.3 is 5.69 Å². The molecule has 0 bridgehead atoms. The highest BCUT2D eigenvalue weighted by molar-refractivity contribution is 8.25. The van der Waals surface area contributed by atoms with E-state index in [2.05, 4.69) is 5.32 Å². The van der Waals surface area contributed by atoms with Gasteiger partial charge in [-0.3, -0.25) is 4.79 Å². The van der Waals surface area contributed by atoms with E-state index in [-0.39, 0.29) is 38.1 Å². The van der Waals surface area contributed by atoms with Crippen molar-refractivity contribution in [3.8, 4) is 0 Å². The number of benzene rings is 3. The first-order chi connectivity index (χ1) is 15.6. The second kappa shape index (κ2) is 8.60. The first-order valence-electron chi connectivity index (χ1n) is 9.81. The number of fused-ring (bicyclic) bond motifs is 1. The van der Waals surface area contributed by atoms with Crippen LogP contribution in [0.5, 0.6) is 0 Å². The number of carbonyl (C=O) groups is 1. The Morgan fingerprint density at radius 2 is 1.73 bits per heavy atom. The van der Waals surface area contributed by atoms with Crippen molar-refractivity contribution in [2.24, 2.45) is 0 Å². The van der Waals surface area contributed by atoms with Gasteiger partial charge in [-0.15, -0.1) is 0 Å². The van der Waals surface area contributed by atoms with E-state index in [4.69, 9.17) is 5.21 Å². The molecule has 1 aliphatic heterocycles. The maximum Gasteiger partial charge on any atom is 0.316 e. The fourth-order valence-corrected chi connectivity index (χ4v) is 8.19. The molecule has 9 nitrogen and oxygen atoms in total. The lowest BCUT2D eigenvalue weighted by molar-refractivity contribution is -0.729. The molecule has 1 amide bonds. The van der Waals surface area contributed by atoms with Crippen LogP contribution < -0.4 is 5.32 Å². The largest absolute Gasteiger partial charge is 0.764 e. The van der Waals surface area contributed by atoms with Crippen LogP contribution in [-0.4, -0.2) is 39.3 Å². The summed E-state index contributed by atoms with van der Waals surface area (Å²) < 4.78 is 50.0. The van der Waals surface area contributed by atoms with Gasteiger partial charge in [0.2, 0.25) is 0 Å². The predicted octanol–water partition coefficient (Wildman–Crippen LogP) is 3.71. The normalized spacial score (nSPS) is 21.6. The second-order valence-electron chi connectivity index (χ2n) is 7.49. The number of hydrogen-bond donors (Lipinski definition) is 3. The van der Waals surface area contributed by atoms with Crippen molar-refractivity contribution in [1.82, 2.24) is 5.32 Å². The fourth-order valence-electron chi connectivity index (χ4n) is 3.77. The molecule has 0 aromatic heterocycles. The first kappa shape index (κ1) is 22.9. The molecule has 0 saturated heterocycles. The van der Waals surface area contributed by atoms with Gasteiger partial charge in [-0.1, -0.05) is 36.4 Å². The lowest BCUT2D eigenvalue weighted by Gasteiger charge is -2.42. The van der Waals surface area contributed by atoms with Gasteiger partial charge < -0.3 is 25.0 Å². The number of sulfone groups is 1. The zero-order chi connectivity index (χ0) is 23.8. The summed E-state index contributed by atoms with van der Waals surface area (Å²) in [6.07, 6.45) is 0. The van der Waals surface area contributed by atoms with E-state index < -0.39 is 37.3 Å². The summed E-state index contributed by atoms with van der Waals surface area (Å²) in [6.45, 7) is 0.0532. The quantitative estimate of drug-likeness (QED) is 0.448. The molecule has 33 heavy (non-hydrogen) atoms. The lowest BCUT2D eigenvalue weighted by atomic mass is 10.0. The second-order valence-corrected chi connectivity index (χ2v) is 11.7. The molecular formula is C22H20N2O7S2. The minimum Gasteiger partial charge on any atom is -0.764 e. The number of carbonyl (C=O) groups excluding carboxylic acids is 1. The molecule has 1 aliphatic rings. The molecule has 0 aliphatic carbocycles. The molecule has 4 rings (SSSR count). The average Bonchev–Trinajstić information content (AvgIpc) is 3.10. The zero-order valence-corrected chi connectivity index (χ0v) is 18.8. The van der Waals surface area contributed by atoms with Crippen LogP contribution in [-0.2, 0) is 16.4 Å². The van der Waals surface area contributed by atoms with Gasteiger partial charge in [0.05, 0.1) is 9.80 Å². The van der Waals surface area contributed by atoms with Gasteiger partial charge in [-0.2, -0.15) is 0 Å². The van der Waals surface area contributed by atoms with E-state index in [0.29, 0.717) is 5.56 Å². The molecule has 172 valence electrons. The van der Waals surface area contributed by atoms with Crippen LogP contribution in [0, 0.1) is 4.91 Å². The fraction of sp³-hybridized carbons (Fsp3) is 0.136. The molecule has 0 saturated carbocycles. The summed E-state index contributed by atoms with van der Waals surface area (Å²) in [7, 11) is -7.69. The van der Waals surface area contributed by atoms with Crippen LogP contribution >= 0.6 is 10.6 Å². The van der Waals surface area contributed by atoms with Crippen molar-refractivity contribution in [1.29, 1.82) is 0 Å². The molecule has 2 atom stereocenters. The minimum absolute atomic E-state index is 0.00431. The monoisotopic (exact) mass is 488 g/mol. The summed E-state index contributed by atoms with van der Waals surface area (Å²) >= 11 is 0. The Labute approximate surface area is 191 Å². The number of nitrogens with zero attached hydrogens (tertiary/aromatic N) is 1. The molecule has 3 aromatic rings. The lowest BCUT2D eigenvalue weighted by Crippen LogP contribution is -2.25. The third-order valence-electron chi connectivity index (χ3n) is 5.41. The molecule has 1 heterocycles. The highest BCUT2D eigenvalue weighted by atomic mass is 32.3. The maximum atomic E-state index is 13.3. The van der Waals surface area contributed by atoms with Crippen LogP contribution in [0.1, 0.15) is 26.7 Å². The van der Waals surface area contributed by atoms with E-state index in [1.165, 1.54) is 54.6 Å². The standard InChI is InChI=1S/C22H20N2O7S2/c25-22(23-13-15-9-11-16(12-10-15)24(26)27)18-7-4-8-19-21(18)20(14-32(19,28)29)33(30,31)17-5-2-1-3-6-17/h1-12,20H,13-14H2,(H3-,23,25,26,27,28,29). The van der Waals surface area contributed by atoms with Gasteiger partial charge in [0.1, 0.15) is 5.25 Å². The highest BCUT2D eigenvalue weighted by Gasteiger charge is 2.42. The summed E-state index contributed by atoms with van der Waals surface area (Å²) in [6, 6.07) is 17.7. The summed E-state index contributed by atoms with van der Waals surface area (Å²) in [4.78, 5) is 23.6. The summed E-state index contributed by atoms with van der Waals surface area (Å²) in [5.74, 6) is -1.13. The van der Waals surface area contributed by atoms with Crippen molar-refractivity contribution < 1.29 is 32.4 Å². The predicted molar refractivity (Wildman–Crippen MR) is 120 cm³/mol. The van der Waals surface area contributed by atoms with E-state index in [0.717, 1.165) is 0 Å². The van der Waals surface area contributed by atoms with E-state index in [9.17, 15) is 27.2 Å². The topological polar surface area (TPSA) is 147 Å². The Balaban J connectivity index is 1.66. The van der Waals surface area contributed by atoms with Crippen LogP contribution in [0.2, 0.25) is 0 Å². The van der Waals surface area contributed by atoms with Gasteiger partial charge in [0.15, 0.2) is 9.84 Å². The maximum absolute atomic E-state index is 13.3. The van der Waals surface area contributed by atoms with Crippen LogP contribution in [0.25, 0.3) is 0 Å². The van der Waals surface area contributed by atoms with E-state index >= 15 is 0 Å². The van der Waals surface area contributed by atoms with E-state index in [1.807, 2.05) is 0 Å². The Morgan fingerprint density at radius 1 is 1.06 bits per heavy atom. The van der Waals surface area contributed by atoms with Crippen LogP contribution in [0.15, 0.2) is 82.6 Å². The average molecular weight is 489 g/mol. The Hall–Kier alpha value is -3.25. The van der Waals surface area contributed by atoms with Gasteiger partial charge in [-0.05, 0) is 29.8 Å². The Bertz CT molecular complexity index is 1320. The van der Waals surface area contributed by atoms with Crippen LogP contribution in [0.3, 0.4) is 0 Å². The molecule has 0 fully saturated rings. The molecule has 3 N–H and O–H groups in total. The minimum atomic E-state index is -4.04. The van der Waals surface area contributed by atoms with Gasteiger partial charge in [0.25, 0.3) is 10.8 Å². The Morgan fingerprint density at radius 3 is 2.36 bits per heavy atom. The number of nitrogens with one attached hydrogen (secondary N) is 1. The van der Waals surface area contributed by atoms with Gasteiger partial charge in [0, 0.05) is 40.5 Å². The number of amides is 1. The molecule has 11 heteroatoms. The molecule has 0 spiro atoms. The summed E-state index contributed by atoms with van der Waals surface area (Å²) in [5, 5.41) is 10.2. The van der Waals surface area contributed by atoms with Crippen LogP contribution in [0.4, 0.5) is 5.69 Å².